The standard InChI is InChI=1S/C15H18N2O4/c1-9-4-2-7-12(13(9)17(20)21)16-8-10-5-3-6-11(10)14(16)15(18)19/h2,4,7,10-11,14H,3,5-6,8H2,1H3,(H,18,19). The van der Waals surface area contributed by atoms with Crippen LogP contribution in [0.3, 0.4) is 0 Å². The van der Waals surface area contributed by atoms with E-state index in [4.69, 9.17) is 0 Å². The van der Waals surface area contributed by atoms with Crippen molar-refractivity contribution in [2.24, 2.45) is 11.8 Å². The van der Waals surface area contributed by atoms with E-state index in [1.807, 2.05) is 0 Å². The number of para-hydroxylation sites is 1. The number of aliphatic carboxylic acids is 1. The summed E-state index contributed by atoms with van der Waals surface area (Å²) in [4.78, 5) is 24.4. The van der Waals surface area contributed by atoms with Gasteiger partial charge < -0.3 is 10.0 Å². The Balaban J connectivity index is 2.06. The van der Waals surface area contributed by atoms with Crippen molar-refractivity contribution in [3.8, 4) is 0 Å². The number of hydrogen-bond acceptors (Lipinski definition) is 4. The molecule has 6 nitrogen and oxygen atoms in total. The van der Waals surface area contributed by atoms with Gasteiger partial charge in [-0.1, -0.05) is 18.6 Å². The minimum atomic E-state index is -0.875. The first kappa shape index (κ1) is 13.9. The highest BCUT2D eigenvalue weighted by Gasteiger charge is 2.49. The molecule has 2 aliphatic rings. The van der Waals surface area contributed by atoms with Crippen LogP contribution in [0.2, 0.25) is 0 Å². The number of carboxylic acids is 1. The fourth-order valence-corrected chi connectivity index (χ4v) is 3.98. The lowest BCUT2D eigenvalue weighted by Gasteiger charge is -2.26. The number of carbonyl (C=O) groups is 1. The first-order valence-corrected chi connectivity index (χ1v) is 7.24. The lowest BCUT2D eigenvalue weighted by atomic mass is 9.94. The summed E-state index contributed by atoms with van der Waals surface area (Å²) < 4.78 is 0. The van der Waals surface area contributed by atoms with Crippen LogP contribution in [-0.4, -0.2) is 28.6 Å². The number of nitro groups is 1. The molecule has 1 aromatic rings. The Kier molecular flexibility index (Phi) is 3.31. The quantitative estimate of drug-likeness (QED) is 0.683. The third-order valence-corrected chi connectivity index (χ3v) is 4.85. The Morgan fingerprint density at radius 2 is 2.19 bits per heavy atom. The number of benzene rings is 1. The maximum absolute atomic E-state index is 11.7. The zero-order valence-electron chi connectivity index (χ0n) is 11.9. The van der Waals surface area contributed by atoms with Crippen LogP contribution in [0, 0.1) is 28.9 Å². The van der Waals surface area contributed by atoms with Gasteiger partial charge in [0.15, 0.2) is 0 Å². The van der Waals surface area contributed by atoms with Gasteiger partial charge in [-0.15, -0.1) is 0 Å². The third kappa shape index (κ3) is 2.14. The summed E-state index contributed by atoms with van der Waals surface area (Å²) in [5.74, 6) is -0.422. The van der Waals surface area contributed by atoms with Gasteiger partial charge >= 0.3 is 5.97 Å². The van der Waals surface area contributed by atoms with Crippen molar-refractivity contribution in [3.05, 3.63) is 33.9 Å². The van der Waals surface area contributed by atoms with Crippen molar-refractivity contribution in [1.29, 1.82) is 0 Å². The van der Waals surface area contributed by atoms with Crippen molar-refractivity contribution in [1.82, 2.24) is 0 Å². The van der Waals surface area contributed by atoms with Crippen LogP contribution in [0.5, 0.6) is 0 Å². The maximum Gasteiger partial charge on any atom is 0.326 e. The molecule has 1 heterocycles. The van der Waals surface area contributed by atoms with Crippen LogP contribution in [0.15, 0.2) is 18.2 Å². The van der Waals surface area contributed by atoms with Gasteiger partial charge in [0, 0.05) is 12.1 Å². The average Bonchev–Trinajstić information content (AvgIpc) is 2.96. The molecule has 21 heavy (non-hydrogen) atoms. The largest absolute Gasteiger partial charge is 0.480 e. The predicted molar refractivity (Wildman–Crippen MR) is 77.4 cm³/mol. The number of anilines is 1. The van der Waals surface area contributed by atoms with Gasteiger partial charge in [-0.3, -0.25) is 10.1 Å². The zero-order valence-corrected chi connectivity index (χ0v) is 11.9. The number of rotatable bonds is 3. The average molecular weight is 290 g/mol. The highest BCUT2D eigenvalue weighted by molar-refractivity contribution is 5.82. The minimum Gasteiger partial charge on any atom is -0.480 e. The molecule has 1 saturated carbocycles. The van der Waals surface area contributed by atoms with E-state index in [1.165, 1.54) is 0 Å². The molecule has 1 aliphatic heterocycles. The van der Waals surface area contributed by atoms with Crippen molar-refractivity contribution in [2.45, 2.75) is 32.2 Å². The van der Waals surface area contributed by atoms with E-state index in [9.17, 15) is 20.0 Å². The molecule has 1 aliphatic carbocycles. The third-order valence-electron chi connectivity index (χ3n) is 4.85. The molecule has 1 saturated heterocycles. The molecule has 3 unspecified atom stereocenters. The summed E-state index contributed by atoms with van der Waals surface area (Å²) in [5.41, 5.74) is 1.05. The van der Waals surface area contributed by atoms with Gasteiger partial charge in [0.25, 0.3) is 5.69 Å². The fourth-order valence-electron chi connectivity index (χ4n) is 3.98. The molecule has 0 amide bonds. The number of nitro benzene ring substituents is 1. The maximum atomic E-state index is 11.7. The molecule has 0 radical (unpaired) electrons. The predicted octanol–water partition coefficient (Wildman–Crippen LogP) is 2.59. The number of carboxylic acid groups (broad SMARTS) is 1. The summed E-state index contributed by atoms with van der Waals surface area (Å²) in [6, 6.07) is 4.47. The Morgan fingerprint density at radius 1 is 1.43 bits per heavy atom. The van der Waals surface area contributed by atoms with Gasteiger partial charge in [0.1, 0.15) is 11.7 Å². The first-order chi connectivity index (χ1) is 10.0. The molecule has 1 aromatic carbocycles. The summed E-state index contributed by atoms with van der Waals surface area (Å²) in [5, 5.41) is 20.9. The van der Waals surface area contributed by atoms with E-state index in [1.54, 1.807) is 30.0 Å². The van der Waals surface area contributed by atoms with Crippen LogP contribution in [-0.2, 0) is 4.79 Å². The zero-order chi connectivity index (χ0) is 15.1. The Labute approximate surface area is 122 Å². The van der Waals surface area contributed by atoms with E-state index in [-0.39, 0.29) is 11.6 Å². The van der Waals surface area contributed by atoms with E-state index in [0.29, 0.717) is 23.7 Å². The molecule has 112 valence electrons. The highest BCUT2D eigenvalue weighted by atomic mass is 16.6. The van der Waals surface area contributed by atoms with Gasteiger partial charge in [-0.05, 0) is 37.7 Å². The smallest absolute Gasteiger partial charge is 0.326 e. The molecule has 0 spiro atoms. The second kappa shape index (κ2) is 5.02. The Bertz CT molecular complexity index is 601. The van der Waals surface area contributed by atoms with Crippen LogP contribution < -0.4 is 4.90 Å². The van der Waals surface area contributed by atoms with Crippen molar-refractivity contribution in [2.75, 3.05) is 11.4 Å². The molecule has 0 aromatic heterocycles. The first-order valence-electron chi connectivity index (χ1n) is 7.24. The highest BCUT2D eigenvalue weighted by Crippen LogP contribution is 2.46. The Morgan fingerprint density at radius 3 is 2.86 bits per heavy atom. The second-order valence-electron chi connectivity index (χ2n) is 5.99. The number of aryl methyl sites for hydroxylation is 1. The second-order valence-corrected chi connectivity index (χ2v) is 5.99. The number of nitrogens with zero attached hydrogens (tertiary/aromatic N) is 2. The minimum absolute atomic E-state index is 0.0312. The number of fused-ring (bicyclic) bond motifs is 1. The summed E-state index contributed by atoms with van der Waals surface area (Å²) in [6.07, 6.45) is 2.98. The van der Waals surface area contributed by atoms with Crippen LogP contribution >= 0.6 is 0 Å². The molecule has 2 fully saturated rings. The molecule has 3 rings (SSSR count). The van der Waals surface area contributed by atoms with Crippen molar-refractivity contribution in [3.63, 3.8) is 0 Å². The lowest BCUT2D eigenvalue weighted by Crippen LogP contribution is -2.40. The lowest BCUT2D eigenvalue weighted by molar-refractivity contribution is -0.384. The van der Waals surface area contributed by atoms with Crippen LogP contribution in [0.1, 0.15) is 24.8 Å². The van der Waals surface area contributed by atoms with Gasteiger partial charge in [-0.2, -0.15) is 0 Å². The number of hydrogen-bond donors (Lipinski definition) is 1. The molecular weight excluding hydrogens is 272 g/mol. The SMILES string of the molecule is Cc1cccc(N2CC3CCCC3C2C(=O)O)c1[N+](=O)[O-]. The van der Waals surface area contributed by atoms with Crippen molar-refractivity contribution >= 4 is 17.3 Å². The van der Waals surface area contributed by atoms with E-state index in [2.05, 4.69) is 0 Å². The van der Waals surface area contributed by atoms with E-state index < -0.39 is 16.9 Å². The van der Waals surface area contributed by atoms with Crippen LogP contribution in [0.25, 0.3) is 0 Å². The molecule has 0 bridgehead atoms. The summed E-state index contributed by atoms with van der Waals surface area (Å²) in [7, 11) is 0. The molecule has 6 heteroatoms. The van der Waals surface area contributed by atoms with Gasteiger partial charge in [0.05, 0.1) is 4.92 Å². The van der Waals surface area contributed by atoms with E-state index >= 15 is 0 Å². The Hall–Kier alpha value is -2.11. The normalized spacial score (nSPS) is 27.7. The topological polar surface area (TPSA) is 83.7 Å². The fraction of sp³-hybridized carbons (Fsp3) is 0.533. The molecule has 3 atom stereocenters. The van der Waals surface area contributed by atoms with Crippen LogP contribution in [0.4, 0.5) is 11.4 Å². The molecular formula is C15H18N2O4. The van der Waals surface area contributed by atoms with Crippen molar-refractivity contribution < 1.29 is 14.8 Å². The summed E-state index contributed by atoms with van der Waals surface area (Å²) in [6.45, 7) is 2.29. The molecule has 1 N–H and O–H groups in total. The monoisotopic (exact) mass is 290 g/mol. The van der Waals surface area contributed by atoms with E-state index in [0.717, 1.165) is 19.3 Å². The summed E-state index contributed by atoms with van der Waals surface area (Å²) >= 11 is 0. The van der Waals surface area contributed by atoms with Gasteiger partial charge in [0.2, 0.25) is 0 Å². The van der Waals surface area contributed by atoms with Gasteiger partial charge in [-0.25, -0.2) is 4.79 Å².